The van der Waals surface area contributed by atoms with E-state index in [-0.39, 0.29) is 5.97 Å². The highest BCUT2D eigenvalue weighted by Crippen LogP contribution is 2.14. The monoisotopic (exact) mass is 275 g/mol. The Morgan fingerprint density at radius 3 is 2.26 bits per heavy atom. The van der Waals surface area contributed by atoms with Crippen molar-refractivity contribution in [1.82, 2.24) is 5.32 Å². The predicted molar refractivity (Wildman–Crippen MR) is 75.3 cm³/mol. The zero-order valence-electron chi connectivity index (χ0n) is 12.8. The molecule has 0 aliphatic carbocycles. The van der Waals surface area contributed by atoms with Crippen molar-refractivity contribution in [2.75, 3.05) is 40.1 Å². The molecule has 0 heterocycles. The van der Waals surface area contributed by atoms with Crippen LogP contribution in [0.5, 0.6) is 0 Å². The summed E-state index contributed by atoms with van der Waals surface area (Å²) in [6.07, 6.45) is 2.54. The number of likely N-dealkylation sites (N-methyl/N-ethyl adjacent to an activating group) is 1. The summed E-state index contributed by atoms with van der Waals surface area (Å²) >= 11 is 0. The Hall–Kier alpha value is -0.650. The lowest BCUT2D eigenvalue weighted by atomic mass is 9.96. The molecule has 0 aromatic carbocycles. The lowest BCUT2D eigenvalue weighted by molar-refractivity contribution is -0.148. The number of nitrogens with one attached hydrogen (secondary N) is 1. The molecule has 114 valence electrons. The van der Waals surface area contributed by atoms with E-state index >= 15 is 0 Å². The van der Waals surface area contributed by atoms with E-state index in [0.29, 0.717) is 26.2 Å². The first kappa shape index (κ1) is 18.4. The van der Waals surface area contributed by atoms with E-state index in [4.69, 9.17) is 14.2 Å². The van der Waals surface area contributed by atoms with E-state index in [1.54, 1.807) is 0 Å². The molecular formula is C14H29NO4. The number of rotatable bonds is 12. The Bertz CT molecular complexity index is 235. The molecule has 0 aromatic heterocycles. The maximum atomic E-state index is 11.7. The van der Waals surface area contributed by atoms with Gasteiger partial charge in [0, 0.05) is 13.2 Å². The van der Waals surface area contributed by atoms with Crippen LogP contribution in [0.15, 0.2) is 0 Å². The van der Waals surface area contributed by atoms with Crippen LogP contribution in [0.4, 0.5) is 0 Å². The van der Waals surface area contributed by atoms with Crippen molar-refractivity contribution in [2.45, 2.75) is 45.6 Å². The molecule has 0 aromatic rings. The molecule has 0 rings (SSSR count). The Kier molecular flexibility index (Phi) is 10.8. The van der Waals surface area contributed by atoms with Gasteiger partial charge in [0.2, 0.25) is 0 Å². The summed E-state index contributed by atoms with van der Waals surface area (Å²) in [5.41, 5.74) is -0.619. The largest absolute Gasteiger partial charge is 0.468 e. The van der Waals surface area contributed by atoms with Crippen LogP contribution in [0.3, 0.4) is 0 Å². The lowest BCUT2D eigenvalue weighted by Gasteiger charge is -2.27. The minimum absolute atomic E-state index is 0.222. The molecule has 0 aliphatic heterocycles. The zero-order valence-corrected chi connectivity index (χ0v) is 12.8. The smallest absolute Gasteiger partial charge is 0.325 e. The van der Waals surface area contributed by atoms with E-state index in [1.807, 2.05) is 13.8 Å². The fraction of sp³-hybridized carbons (Fsp3) is 0.929. The van der Waals surface area contributed by atoms with Crippen LogP contribution in [0.2, 0.25) is 0 Å². The van der Waals surface area contributed by atoms with Gasteiger partial charge in [-0.2, -0.15) is 0 Å². The second-order valence-corrected chi connectivity index (χ2v) is 4.68. The molecule has 0 aliphatic rings. The van der Waals surface area contributed by atoms with E-state index in [1.165, 1.54) is 7.11 Å². The summed E-state index contributed by atoms with van der Waals surface area (Å²) in [7, 11) is 1.42. The van der Waals surface area contributed by atoms with Crippen molar-refractivity contribution in [3.63, 3.8) is 0 Å². The molecule has 0 bridgehead atoms. The molecule has 0 spiro atoms. The maximum absolute atomic E-state index is 11.7. The molecule has 0 amide bonds. The lowest BCUT2D eigenvalue weighted by Crippen LogP contribution is -2.50. The maximum Gasteiger partial charge on any atom is 0.325 e. The van der Waals surface area contributed by atoms with E-state index in [0.717, 1.165) is 26.0 Å². The van der Waals surface area contributed by atoms with Gasteiger partial charge in [0.05, 0.1) is 20.3 Å². The van der Waals surface area contributed by atoms with E-state index < -0.39 is 5.54 Å². The summed E-state index contributed by atoms with van der Waals surface area (Å²) in [6, 6.07) is 0. The third-order valence-electron chi connectivity index (χ3n) is 2.89. The molecule has 5 heteroatoms. The van der Waals surface area contributed by atoms with Gasteiger partial charge in [0.15, 0.2) is 0 Å². The summed E-state index contributed by atoms with van der Waals surface area (Å²) in [5.74, 6) is -0.222. The molecule has 5 nitrogen and oxygen atoms in total. The average Bonchev–Trinajstić information content (AvgIpc) is 2.41. The van der Waals surface area contributed by atoms with Crippen molar-refractivity contribution in [2.24, 2.45) is 0 Å². The fourth-order valence-electron chi connectivity index (χ4n) is 1.87. The van der Waals surface area contributed by atoms with Crippen molar-refractivity contribution in [3.8, 4) is 0 Å². The Balaban J connectivity index is 3.73. The number of hydrogen-bond donors (Lipinski definition) is 1. The highest BCUT2D eigenvalue weighted by atomic mass is 16.5. The van der Waals surface area contributed by atoms with Crippen molar-refractivity contribution in [1.29, 1.82) is 0 Å². The van der Waals surface area contributed by atoms with Crippen LogP contribution < -0.4 is 5.32 Å². The highest BCUT2D eigenvalue weighted by Gasteiger charge is 2.32. The average molecular weight is 275 g/mol. The molecule has 0 fully saturated rings. The topological polar surface area (TPSA) is 56.8 Å². The number of methoxy groups -OCH3 is 1. The van der Waals surface area contributed by atoms with Gasteiger partial charge in [-0.25, -0.2) is 0 Å². The Labute approximate surface area is 117 Å². The summed E-state index contributed by atoms with van der Waals surface area (Å²) in [4.78, 5) is 11.7. The van der Waals surface area contributed by atoms with Crippen molar-refractivity contribution < 1.29 is 19.0 Å². The van der Waals surface area contributed by atoms with Crippen LogP contribution in [0, 0.1) is 0 Å². The van der Waals surface area contributed by atoms with Crippen LogP contribution in [-0.4, -0.2) is 51.6 Å². The number of carbonyl (C=O) groups excluding carboxylic acids is 1. The predicted octanol–water partition coefficient (Wildman–Crippen LogP) is 1.75. The molecule has 1 N–H and O–H groups in total. The summed E-state index contributed by atoms with van der Waals surface area (Å²) < 4.78 is 15.6. The van der Waals surface area contributed by atoms with E-state index in [9.17, 15) is 4.79 Å². The first-order chi connectivity index (χ1) is 9.10. The van der Waals surface area contributed by atoms with Crippen LogP contribution in [0.25, 0.3) is 0 Å². The first-order valence-corrected chi connectivity index (χ1v) is 7.09. The molecule has 0 saturated carbocycles. The van der Waals surface area contributed by atoms with Gasteiger partial charge in [-0.3, -0.25) is 4.79 Å². The van der Waals surface area contributed by atoms with Gasteiger partial charge in [-0.1, -0.05) is 13.8 Å². The number of ether oxygens (including phenoxy) is 3. The van der Waals surface area contributed by atoms with E-state index in [2.05, 4.69) is 12.2 Å². The number of hydrogen-bond acceptors (Lipinski definition) is 5. The standard InChI is InChI=1S/C14H29NO4/c1-5-9-18-11-12-19-10-7-8-14(3,15-6-2)13(16)17-4/h15H,5-12H2,1-4H3. The third kappa shape index (κ3) is 8.18. The van der Waals surface area contributed by atoms with Crippen molar-refractivity contribution >= 4 is 5.97 Å². The van der Waals surface area contributed by atoms with Crippen LogP contribution >= 0.6 is 0 Å². The van der Waals surface area contributed by atoms with Gasteiger partial charge in [0.25, 0.3) is 0 Å². The molecule has 0 saturated heterocycles. The molecule has 0 radical (unpaired) electrons. The fourth-order valence-corrected chi connectivity index (χ4v) is 1.87. The SMILES string of the molecule is CCCOCCOCCCC(C)(NCC)C(=O)OC. The first-order valence-electron chi connectivity index (χ1n) is 7.09. The Morgan fingerprint density at radius 1 is 1.11 bits per heavy atom. The number of esters is 1. The van der Waals surface area contributed by atoms with Gasteiger partial charge in [-0.05, 0) is 32.7 Å². The van der Waals surface area contributed by atoms with Gasteiger partial charge < -0.3 is 19.5 Å². The second-order valence-electron chi connectivity index (χ2n) is 4.68. The minimum Gasteiger partial charge on any atom is -0.468 e. The summed E-state index contributed by atoms with van der Waals surface area (Å²) in [5, 5.41) is 3.17. The van der Waals surface area contributed by atoms with Crippen molar-refractivity contribution in [3.05, 3.63) is 0 Å². The van der Waals surface area contributed by atoms with Crippen LogP contribution in [-0.2, 0) is 19.0 Å². The Morgan fingerprint density at radius 2 is 1.74 bits per heavy atom. The van der Waals surface area contributed by atoms with Gasteiger partial charge >= 0.3 is 5.97 Å². The third-order valence-corrected chi connectivity index (χ3v) is 2.89. The zero-order chi connectivity index (χ0) is 14.6. The number of carbonyl (C=O) groups is 1. The van der Waals surface area contributed by atoms with Gasteiger partial charge in [-0.15, -0.1) is 0 Å². The molecule has 1 unspecified atom stereocenters. The second kappa shape index (κ2) is 11.2. The molecule has 1 atom stereocenters. The molecule has 19 heavy (non-hydrogen) atoms. The van der Waals surface area contributed by atoms with Gasteiger partial charge in [0.1, 0.15) is 5.54 Å². The molecular weight excluding hydrogens is 246 g/mol. The minimum atomic E-state index is -0.619. The quantitative estimate of drug-likeness (QED) is 0.434. The summed E-state index contributed by atoms with van der Waals surface area (Å²) in [6.45, 7) is 9.31. The highest BCUT2D eigenvalue weighted by molar-refractivity contribution is 5.80. The van der Waals surface area contributed by atoms with Crippen LogP contribution in [0.1, 0.15) is 40.0 Å². The normalized spacial score (nSPS) is 14.1.